The third-order valence-electron chi connectivity index (χ3n) is 3.17. The molecule has 0 heterocycles. The minimum atomic E-state index is -0.899. The fourth-order valence-electron chi connectivity index (χ4n) is 1.94. The van der Waals surface area contributed by atoms with Crippen LogP contribution in [-0.4, -0.2) is 18.5 Å². The van der Waals surface area contributed by atoms with Crippen molar-refractivity contribution >= 4 is 17.6 Å². The van der Waals surface area contributed by atoms with Crippen LogP contribution in [0.1, 0.15) is 11.1 Å². The Morgan fingerprint density at radius 3 is 2.57 bits per heavy atom. The van der Waals surface area contributed by atoms with E-state index in [1.165, 1.54) is 0 Å². The van der Waals surface area contributed by atoms with Crippen LogP contribution in [0.3, 0.4) is 0 Å². The summed E-state index contributed by atoms with van der Waals surface area (Å²) >= 11 is 0. The normalized spacial score (nSPS) is 10.2. The second kappa shape index (κ2) is 7.49. The molecule has 0 aliphatic rings. The molecule has 2 aromatic carbocycles. The van der Waals surface area contributed by atoms with E-state index in [2.05, 4.69) is 5.32 Å². The summed E-state index contributed by atoms with van der Waals surface area (Å²) in [7, 11) is 0. The average Bonchev–Trinajstić information content (AvgIpc) is 2.50. The highest BCUT2D eigenvalue weighted by atomic mass is 19.1. The van der Waals surface area contributed by atoms with Crippen LogP contribution in [0, 0.1) is 18.6 Å². The third-order valence-corrected chi connectivity index (χ3v) is 3.17. The summed E-state index contributed by atoms with van der Waals surface area (Å²) in [5.41, 5.74) is 1.58. The predicted octanol–water partition coefficient (Wildman–Crippen LogP) is 3.00. The minimum Gasteiger partial charge on any atom is -0.455 e. The van der Waals surface area contributed by atoms with Gasteiger partial charge in [0, 0.05) is 6.07 Å². The number of benzene rings is 2. The van der Waals surface area contributed by atoms with Gasteiger partial charge >= 0.3 is 5.97 Å². The maximum atomic E-state index is 13.4. The number of anilines is 1. The number of carbonyl (C=O) groups excluding carboxylic acids is 2. The Balaban J connectivity index is 1.84. The maximum Gasteiger partial charge on any atom is 0.310 e. The largest absolute Gasteiger partial charge is 0.455 e. The highest BCUT2D eigenvalue weighted by Gasteiger charge is 2.12. The van der Waals surface area contributed by atoms with Gasteiger partial charge < -0.3 is 10.1 Å². The van der Waals surface area contributed by atoms with Gasteiger partial charge in [0.1, 0.15) is 11.6 Å². The number of ether oxygens (including phenoxy) is 1. The van der Waals surface area contributed by atoms with Gasteiger partial charge in [-0.2, -0.15) is 0 Å². The number of halogens is 2. The molecule has 0 unspecified atom stereocenters. The first-order valence-corrected chi connectivity index (χ1v) is 6.91. The lowest BCUT2D eigenvalue weighted by Gasteiger charge is -2.08. The molecule has 0 aliphatic heterocycles. The van der Waals surface area contributed by atoms with Crippen LogP contribution in [0.2, 0.25) is 0 Å². The molecule has 0 atom stereocenters. The second-order valence-electron chi connectivity index (χ2n) is 4.94. The molecule has 0 bridgehead atoms. The Kier molecular flexibility index (Phi) is 5.41. The van der Waals surface area contributed by atoms with Crippen molar-refractivity contribution in [2.45, 2.75) is 13.3 Å². The molecular weight excluding hydrogens is 304 g/mol. The highest BCUT2D eigenvalue weighted by Crippen LogP contribution is 2.14. The molecule has 0 radical (unpaired) electrons. The van der Waals surface area contributed by atoms with Gasteiger partial charge in [0.05, 0.1) is 12.1 Å². The molecule has 2 aromatic rings. The molecule has 0 fully saturated rings. The van der Waals surface area contributed by atoms with Crippen molar-refractivity contribution in [2.75, 3.05) is 11.9 Å². The van der Waals surface area contributed by atoms with Gasteiger partial charge in [-0.05, 0) is 30.2 Å². The van der Waals surface area contributed by atoms with E-state index < -0.39 is 30.1 Å². The summed E-state index contributed by atoms with van der Waals surface area (Å²) in [5.74, 6) is -2.91. The van der Waals surface area contributed by atoms with Crippen LogP contribution < -0.4 is 5.32 Å². The van der Waals surface area contributed by atoms with E-state index in [-0.39, 0.29) is 12.1 Å². The Bertz CT molecular complexity index is 732. The topological polar surface area (TPSA) is 55.4 Å². The van der Waals surface area contributed by atoms with Crippen molar-refractivity contribution in [2.24, 2.45) is 0 Å². The minimum absolute atomic E-state index is 0.0465. The van der Waals surface area contributed by atoms with Gasteiger partial charge in [-0.25, -0.2) is 8.78 Å². The molecule has 120 valence electrons. The van der Waals surface area contributed by atoms with Crippen molar-refractivity contribution in [1.82, 2.24) is 0 Å². The molecule has 0 saturated carbocycles. The van der Waals surface area contributed by atoms with Crippen LogP contribution in [0.15, 0.2) is 42.5 Å². The van der Waals surface area contributed by atoms with Gasteiger partial charge in [0.2, 0.25) is 0 Å². The molecule has 0 aromatic heterocycles. The highest BCUT2D eigenvalue weighted by molar-refractivity contribution is 5.93. The Morgan fingerprint density at radius 2 is 1.87 bits per heavy atom. The van der Waals surface area contributed by atoms with Gasteiger partial charge in [0.25, 0.3) is 5.91 Å². The van der Waals surface area contributed by atoms with Gasteiger partial charge in [0.15, 0.2) is 6.61 Å². The Labute approximate surface area is 132 Å². The van der Waals surface area contributed by atoms with Crippen LogP contribution in [0.25, 0.3) is 0 Å². The van der Waals surface area contributed by atoms with E-state index in [1.54, 1.807) is 12.1 Å². The first-order chi connectivity index (χ1) is 11.0. The Hall–Kier alpha value is -2.76. The molecule has 23 heavy (non-hydrogen) atoms. The van der Waals surface area contributed by atoms with Crippen LogP contribution in [0.4, 0.5) is 14.5 Å². The lowest BCUT2D eigenvalue weighted by atomic mass is 10.1. The number of aryl methyl sites for hydroxylation is 1. The molecule has 0 spiro atoms. The van der Waals surface area contributed by atoms with E-state index in [0.29, 0.717) is 6.07 Å². The fraction of sp³-hybridized carbons (Fsp3) is 0.176. The van der Waals surface area contributed by atoms with Crippen molar-refractivity contribution in [3.8, 4) is 0 Å². The van der Waals surface area contributed by atoms with Crippen LogP contribution in [-0.2, 0) is 20.7 Å². The van der Waals surface area contributed by atoms with Crippen molar-refractivity contribution in [3.05, 3.63) is 65.2 Å². The molecule has 4 nitrogen and oxygen atoms in total. The average molecular weight is 319 g/mol. The monoisotopic (exact) mass is 319 g/mol. The summed E-state index contributed by atoms with van der Waals surface area (Å²) in [6.07, 6.45) is 0.0465. The summed E-state index contributed by atoms with van der Waals surface area (Å²) in [6.45, 7) is 1.33. The number of hydrogen-bond donors (Lipinski definition) is 1. The molecular formula is C17H15F2NO3. The molecule has 1 amide bonds. The van der Waals surface area contributed by atoms with Gasteiger partial charge in [-0.15, -0.1) is 0 Å². The maximum absolute atomic E-state index is 13.4. The number of hydrogen-bond acceptors (Lipinski definition) is 3. The summed E-state index contributed by atoms with van der Waals surface area (Å²) in [6, 6.07) is 10.1. The third kappa shape index (κ3) is 4.88. The zero-order valence-electron chi connectivity index (χ0n) is 12.4. The van der Waals surface area contributed by atoms with Crippen molar-refractivity contribution in [3.63, 3.8) is 0 Å². The number of amides is 1. The standard InChI is InChI=1S/C17H15F2NO3/c1-11-4-2-3-5-12(11)8-17(22)23-10-16(21)20-15-7-6-13(18)9-14(15)19/h2-7,9H,8,10H2,1H3,(H,20,21). The molecule has 0 saturated heterocycles. The lowest BCUT2D eigenvalue weighted by molar-refractivity contribution is -0.146. The van der Waals surface area contributed by atoms with E-state index in [9.17, 15) is 18.4 Å². The quantitative estimate of drug-likeness (QED) is 0.862. The van der Waals surface area contributed by atoms with Crippen LogP contribution in [0.5, 0.6) is 0 Å². The molecule has 1 N–H and O–H groups in total. The van der Waals surface area contributed by atoms with Crippen molar-refractivity contribution < 1.29 is 23.1 Å². The number of nitrogens with one attached hydrogen (secondary N) is 1. The van der Waals surface area contributed by atoms with Crippen molar-refractivity contribution in [1.29, 1.82) is 0 Å². The summed E-state index contributed by atoms with van der Waals surface area (Å²) in [4.78, 5) is 23.3. The summed E-state index contributed by atoms with van der Waals surface area (Å²) < 4.78 is 31.0. The first kappa shape index (κ1) is 16.6. The van der Waals surface area contributed by atoms with Crippen LogP contribution >= 0.6 is 0 Å². The lowest BCUT2D eigenvalue weighted by Crippen LogP contribution is -2.22. The number of carbonyl (C=O) groups is 2. The predicted molar refractivity (Wildman–Crippen MR) is 80.8 cm³/mol. The first-order valence-electron chi connectivity index (χ1n) is 6.91. The van der Waals surface area contributed by atoms with E-state index in [1.807, 2.05) is 19.1 Å². The summed E-state index contributed by atoms with van der Waals surface area (Å²) in [5, 5.41) is 2.21. The van der Waals surface area contributed by atoms with E-state index >= 15 is 0 Å². The smallest absolute Gasteiger partial charge is 0.310 e. The molecule has 0 aliphatic carbocycles. The Morgan fingerprint density at radius 1 is 1.13 bits per heavy atom. The van der Waals surface area contributed by atoms with E-state index in [0.717, 1.165) is 23.3 Å². The van der Waals surface area contributed by atoms with Gasteiger partial charge in [-0.1, -0.05) is 24.3 Å². The number of esters is 1. The zero-order valence-corrected chi connectivity index (χ0v) is 12.4. The SMILES string of the molecule is Cc1ccccc1CC(=O)OCC(=O)Nc1ccc(F)cc1F. The van der Waals surface area contributed by atoms with Gasteiger partial charge in [-0.3, -0.25) is 9.59 Å². The molecule has 6 heteroatoms. The fourth-order valence-corrected chi connectivity index (χ4v) is 1.94. The zero-order chi connectivity index (χ0) is 16.8. The second-order valence-corrected chi connectivity index (χ2v) is 4.94. The number of rotatable bonds is 5. The molecule has 2 rings (SSSR count). The van der Waals surface area contributed by atoms with E-state index in [4.69, 9.17) is 4.74 Å².